The Balaban J connectivity index is 2.12. The molecule has 1 N–H and O–H groups in total. The molecule has 3 aromatic carbocycles. The number of halogens is 1. The van der Waals surface area contributed by atoms with Crippen molar-refractivity contribution in [1.29, 1.82) is 0 Å². The first-order valence-electron chi connectivity index (χ1n) is 9.32. The third kappa shape index (κ3) is 3.10. The van der Waals surface area contributed by atoms with Crippen molar-refractivity contribution in [1.82, 2.24) is 14.9 Å². The molecule has 4 aromatic rings. The van der Waals surface area contributed by atoms with E-state index >= 15 is 4.39 Å². The molecule has 1 aromatic heterocycles. The molecule has 0 radical (unpaired) electrons. The smallest absolute Gasteiger partial charge is 0.291 e. The maximum absolute atomic E-state index is 15.3. The molecule has 0 fully saturated rings. The summed E-state index contributed by atoms with van der Waals surface area (Å²) in [6.07, 6.45) is 0.737. The summed E-state index contributed by atoms with van der Waals surface area (Å²) >= 11 is 0. The lowest BCUT2D eigenvalue weighted by Gasteiger charge is -2.37. The molecule has 0 saturated heterocycles. The number of carbonyl (C=O) groups excluding carboxylic acids is 1. The van der Waals surface area contributed by atoms with Crippen LogP contribution in [0.1, 0.15) is 27.2 Å². The van der Waals surface area contributed by atoms with Crippen LogP contribution in [0.5, 0.6) is 0 Å². The Morgan fingerprint density at radius 2 is 1.24 bits per heavy atom. The molecule has 29 heavy (non-hydrogen) atoms. The zero-order valence-corrected chi connectivity index (χ0v) is 15.9. The lowest BCUT2D eigenvalue weighted by atomic mass is 9.76. The van der Waals surface area contributed by atoms with E-state index in [0.717, 1.165) is 16.7 Å². The SMILES string of the molecule is CNC(=O)c1cn(C(c2ccccc2)(c2ccccc2)c2ccccc2)c(F)n1. The normalized spacial score (nSPS) is 11.2. The Hall–Kier alpha value is -3.73. The highest BCUT2D eigenvalue weighted by Crippen LogP contribution is 2.41. The summed E-state index contributed by atoms with van der Waals surface area (Å²) in [4.78, 5) is 16.1. The number of aromatic nitrogens is 2. The topological polar surface area (TPSA) is 46.9 Å². The van der Waals surface area contributed by atoms with Gasteiger partial charge in [-0.15, -0.1) is 0 Å². The zero-order valence-electron chi connectivity index (χ0n) is 15.9. The lowest BCUT2D eigenvalue weighted by molar-refractivity contribution is 0.0958. The molecule has 4 rings (SSSR count). The molecule has 0 unspecified atom stereocenters. The Morgan fingerprint density at radius 3 is 1.62 bits per heavy atom. The average Bonchev–Trinajstić information content (AvgIpc) is 3.18. The van der Waals surface area contributed by atoms with Gasteiger partial charge in [-0.05, 0) is 16.7 Å². The summed E-state index contributed by atoms with van der Waals surface area (Å²) in [6.45, 7) is 0. The number of benzene rings is 3. The first kappa shape index (κ1) is 18.6. The average molecular weight is 385 g/mol. The summed E-state index contributed by atoms with van der Waals surface area (Å²) in [7, 11) is 1.50. The standard InChI is InChI=1S/C24H20FN3O/c1-26-22(29)21-17-28(23(25)27-21)24(18-11-5-2-6-12-18,19-13-7-3-8-14-19)20-15-9-4-10-16-20/h2-17H,1H3,(H,26,29). The first-order valence-corrected chi connectivity index (χ1v) is 9.32. The molecule has 4 nitrogen and oxygen atoms in total. The Labute approximate surface area is 168 Å². The highest BCUT2D eigenvalue weighted by Gasteiger charge is 2.40. The van der Waals surface area contributed by atoms with Crippen molar-refractivity contribution in [2.24, 2.45) is 0 Å². The lowest BCUT2D eigenvalue weighted by Crippen LogP contribution is -2.38. The van der Waals surface area contributed by atoms with Crippen molar-refractivity contribution in [2.45, 2.75) is 5.54 Å². The van der Waals surface area contributed by atoms with E-state index in [-0.39, 0.29) is 5.69 Å². The third-order valence-electron chi connectivity index (χ3n) is 5.06. The van der Waals surface area contributed by atoms with Gasteiger partial charge >= 0.3 is 0 Å². The van der Waals surface area contributed by atoms with E-state index < -0.39 is 17.5 Å². The molecule has 0 atom stereocenters. The van der Waals surface area contributed by atoms with Crippen LogP contribution in [0.4, 0.5) is 4.39 Å². The van der Waals surface area contributed by atoms with Crippen molar-refractivity contribution >= 4 is 5.91 Å². The molecule has 1 heterocycles. The quantitative estimate of drug-likeness (QED) is 0.523. The van der Waals surface area contributed by atoms with Crippen molar-refractivity contribution in [2.75, 3.05) is 7.05 Å². The van der Waals surface area contributed by atoms with Crippen LogP contribution in [0.15, 0.2) is 97.2 Å². The van der Waals surface area contributed by atoms with E-state index in [9.17, 15) is 4.79 Å². The van der Waals surface area contributed by atoms with E-state index in [1.165, 1.54) is 17.8 Å². The molecular weight excluding hydrogens is 365 g/mol. The molecule has 0 spiro atoms. The predicted octanol–water partition coefficient (Wildman–Crippen LogP) is 4.22. The van der Waals surface area contributed by atoms with E-state index in [0.29, 0.717) is 0 Å². The summed E-state index contributed by atoms with van der Waals surface area (Å²) in [5.74, 6) is -0.439. The van der Waals surface area contributed by atoms with Crippen LogP contribution in [0, 0.1) is 6.08 Å². The van der Waals surface area contributed by atoms with Gasteiger partial charge in [0.15, 0.2) is 0 Å². The maximum atomic E-state index is 15.3. The number of amides is 1. The fourth-order valence-electron chi connectivity index (χ4n) is 3.79. The summed E-state index contributed by atoms with van der Waals surface area (Å²) in [5, 5.41) is 2.51. The van der Waals surface area contributed by atoms with Gasteiger partial charge < -0.3 is 5.32 Å². The highest BCUT2D eigenvalue weighted by molar-refractivity contribution is 5.91. The largest absolute Gasteiger partial charge is 0.354 e. The number of hydrogen-bond acceptors (Lipinski definition) is 2. The van der Waals surface area contributed by atoms with Gasteiger partial charge in [-0.25, -0.2) is 0 Å². The summed E-state index contributed by atoms with van der Waals surface area (Å²) in [6, 6.07) is 29.0. The number of rotatable bonds is 5. The van der Waals surface area contributed by atoms with Gasteiger partial charge in [-0.1, -0.05) is 91.0 Å². The molecular formula is C24H20FN3O. The molecule has 144 valence electrons. The molecule has 0 saturated carbocycles. The van der Waals surface area contributed by atoms with Crippen LogP contribution in [0.25, 0.3) is 0 Å². The number of nitrogens with zero attached hydrogens (tertiary/aromatic N) is 2. The van der Waals surface area contributed by atoms with Crippen LogP contribution >= 0.6 is 0 Å². The molecule has 0 aliphatic carbocycles. The van der Waals surface area contributed by atoms with Crippen LogP contribution < -0.4 is 5.32 Å². The molecule has 0 bridgehead atoms. The van der Waals surface area contributed by atoms with Gasteiger partial charge in [0.05, 0.1) is 0 Å². The van der Waals surface area contributed by atoms with E-state index in [1.807, 2.05) is 91.0 Å². The number of nitrogens with one attached hydrogen (secondary N) is 1. The first-order chi connectivity index (χ1) is 14.2. The van der Waals surface area contributed by atoms with E-state index in [1.54, 1.807) is 0 Å². The molecule has 0 aliphatic rings. The number of carbonyl (C=O) groups is 1. The van der Waals surface area contributed by atoms with Crippen molar-refractivity contribution in [3.05, 3.63) is 126 Å². The molecule has 0 aliphatic heterocycles. The highest BCUT2D eigenvalue weighted by atomic mass is 19.1. The van der Waals surface area contributed by atoms with Crippen LogP contribution in [0.3, 0.4) is 0 Å². The van der Waals surface area contributed by atoms with Gasteiger partial charge in [0.2, 0.25) is 0 Å². The van der Waals surface area contributed by atoms with Crippen LogP contribution in [-0.2, 0) is 5.54 Å². The minimum absolute atomic E-state index is 0.0252. The third-order valence-corrected chi connectivity index (χ3v) is 5.06. The fourth-order valence-corrected chi connectivity index (χ4v) is 3.79. The summed E-state index contributed by atoms with van der Waals surface area (Å²) in [5.41, 5.74) is 1.57. The van der Waals surface area contributed by atoms with Gasteiger partial charge in [0.25, 0.3) is 12.0 Å². The van der Waals surface area contributed by atoms with Gasteiger partial charge in [-0.2, -0.15) is 9.37 Å². The van der Waals surface area contributed by atoms with Gasteiger partial charge in [-0.3, -0.25) is 9.36 Å². The fraction of sp³-hybridized carbons (Fsp3) is 0.0833. The molecule has 5 heteroatoms. The van der Waals surface area contributed by atoms with E-state index in [2.05, 4.69) is 10.3 Å². The van der Waals surface area contributed by atoms with Gasteiger partial charge in [0, 0.05) is 13.2 Å². The van der Waals surface area contributed by atoms with Crippen LogP contribution in [0.2, 0.25) is 0 Å². The van der Waals surface area contributed by atoms with Gasteiger partial charge in [0.1, 0.15) is 11.2 Å². The van der Waals surface area contributed by atoms with Crippen molar-refractivity contribution in [3.63, 3.8) is 0 Å². The second-order valence-electron chi connectivity index (χ2n) is 6.65. The monoisotopic (exact) mass is 385 g/mol. The minimum atomic E-state index is -1.03. The Bertz CT molecular complexity index is 1010. The predicted molar refractivity (Wildman–Crippen MR) is 110 cm³/mol. The Kier molecular flexibility index (Phi) is 4.96. The number of imidazole rings is 1. The zero-order chi connectivity index (χ0) is 20.3. The van der Waals surface area contributed by atoms with Crippen molar-refractivity contribution < 1.29 is 9.18 Å². The second kappa shape index (κ2) is 7.72. The van der Waals surface area contributed by atoms with Crippen molar-refractivity contribution in [3.8, 4) is 0 Å². The minimum Gasteiger partial charge on any atom is -0.354 e. The summed E-state index contributed by atoms with van der Waals surface area (Å²) < 4.78 is 16.8. The molecule has 1 amide bonds. The van der Waals surface area contributed by atoms with E-state index in [4.69, 9.17) is 0 Å². The number of hydrogen-bond donors (Lipinski definition) is 1. The Morgan fingerprint density at radius 1 is 0.828 bits per heavy atom. The second-order valence-corrected chi connectivity index (χ2v) is 6.65. The van der Waals surface area contributed by atoms with Crippen LogP contribution in [-0.4, -0.2) is 22.5 Å². The maximum Gasteiger partial charge on any atom is 0.291 e.